The highest BCUT2D eigenvalue weighted by Gasteiger charge is 2.30. The lowest BCUT2D eigenvalue weighted by Gasteiger charge is -2.21. The van der Waals surface area contributed by atoms with Crippen LogP contribution in [0, 0.1) is 0 Å². The minimum Gasteiger partial charge on any atom is -0.386 e. The molecule has 0 bridgehead atoms. The fourth-order valence-corrected chi connectivity index (χ4v) is 2.97. The second-order valence-electron chi connectivity index (χ2n) is 5.48. The zero-order valence-electron chi connectivity index (χ0n) is 12.8. The average molecular weight is 329 g/mol. The van der Waals surface area contributed by atoms with Crippen molar-refractivity contribution in [1.82, 2.24) is 0 Å². The third-order valence-corrected chi connectivity index (χ3v) is 4.18. The molecule has 2 aromatic rings. The van der Waals surface area contributed by atoms with Crippen molar-refractivity contribution in [2.75, 3.05) is 11.5 Å². The lowest BCUT2D eigenvalue weighted by molar-refractivity contribution is -0.123. The minimum atomic E-state index is -0.0984. The predicted octanol–water partition coefficient (Wildman–Crippen LogP) is 3.67. The number of anilines is 1. The molecule has 2 aromatic carbocycles. The van der Waals surface area contributed by atoms with Crippen LogP contribution in [0.15, 0.2) is 53.7 Å². The van der Waals surface area contributed by atoms with E-state index in [0.717, 1.165) is 17.7 Å². The zero-order valence-corrected chi connectivity index (χ0v) is 13.5. The van der Waals surface area contributed by atoms with Crippen LogP contribution in [0.3, 0.4) is 0 Å². The summed E-state index contributed by atoms with van der Waals surface area (Å²) in [6, 6.07) is 15.4. The Hall–Kier alpha value is -2.33. The molecule has 4 nitrogen and oxygen atoms in total. The van der Waals surface area contributed by atoms with Crippen molar-refractivity contribution in [3.63, 3.8) is 0 Å². The summed E-state index contributed by atoms with van der Waals surface area (Å²) in [5, 5.41) is 4.43. The Morgan fingerprint density at radius 3 is 2.87 bits per heavy atom. The molecule has 5 heteroatoms. The number of fused-ring (bicyclic) bond motifs is 1. The van der Waals surface area contributed by atoms with Gasteiger partial charge in [-0.3, -0.25) is 4.79 Å². The van der Waals surface area contributed by atoms with Gasteiger partial charge in [0.1, 0.15) is 0 Å². The molecule has 1 heterocycles. The van der Waals surface area contributed by atoms with E-state index >= 15 is 0 Å². The topological polar surface area (TPSA) is 41.9 Å². The number of carbonyl (C=O) groups excluding carboxylic acids is 1. The highest BCUT2D eigenvalue weighted by atomic mass is 35.5. The molecule has 0 fully saturated rings. The molecule has 1 aliphatic rings. The standard InChI is InChI=1S/C18H17ClN2O2/c1-13-10-14-6-3-5-9-17(14)21(13)18(22)12-23-20-11-15-7-2-4-8-16(15)19/h2-9,11,13H,10,12H2,1H3/b20-11+. The largest absolute Gasteiger partial charge is 0.386 e. The Bertz CT molecular complexity index is 745. The molecule has 0 saturated carbocycles. The van der Waals surface area contributed by atoms with E-state index in [1.54, 1.807) is 11.0 Å². The van der Waals surface area contributed by atoms with Crippen molar-refractivity contribution in [2.24, 2.45) is 5.16 Å². The molecule has 0 aromatic heterocycles. The van der Waals surface area contributed by atoms with Crippen LogP contribution in [0.1, 0.15) is 18.1 Å². The maximum atomic E-state index is 12.4. The van der Waals surface area contributed by atoms with Gasteiger partial charge in [0, 0.05) is 22.3 Å². The highest BCUT2D eigenvalue weighted by molar-refractivity contribution is 6.33. The molecular formula is C18H17ClN2O2. The predicted molar refractivity (Wildman–Crippen MR) is 92.1 cm³/mol. The van der Waals surface area contributed by atoms with Crippen molar-refractivity contribution in [3.8, 4) is 0 Å². The van der Waals surface area contributed by atoms with E-state index < -0.39 is 0 Å². The normalized spacial score (nSPS) is 16.6. The summed E-state index contributed by atoms with van der Waals surface area (Å²) in [5.74, 6) is -0.0984. The first-order valence-electron chi connectivity index (χ1n) is 7.46. The second-order valence-corrected chi connectivity index (χ2v) is 5.88. The molecule has 0 N–H and O–H groups in total. The summed E-state index contributed by atoms with van der Waals surface area (Å²) in [4.78, 5) is 19.3. The first-order chi connectivity index (χ1) is 11.2. The summed E-state index contributed by atoms with van der Waals surface area (Å²) in [7, 11) is 0. The maximum absolute atomic E-state index is 12.4. The van der Waals surface area contributed by atoms with Crippen molar-refractivity contribution in [3.05, 3.63) is 64.7 Å². The van der Waals surface area contributed by atoms with Gasteiger partial charge in [0.15, 0.2) is 6.61 Å². The average Bonchev–Trinajstić information content (AvgIpc) is 2.88. The number of oxime groups is 1. The van der Waals surface area contributed by atoms with Gasteiger partial charge in [-0.15, -0.1) is 0 Å². The van der Waals surface area contributed by atoms with Gasteiger partial charge in [-0.05, 0) is 31.0 Å². The first kappa shape index (κ1) is 15.6. The van der Waals surface area contributed by atoms with Crippen molar-refractivity contribution in [1.29, 1.82) is 0 Å². The minimum absolute atomic E-state index is 0.0976. The van der Waals surface area contributed by atoms with Gasteiger partial charge in [0.2, 0.25) is 0 Å². The van der Waals surface area contributed by atoms with Gasteiger partial charge in [0.25, 0.3) is 5.91 Å². The molecular weight excluding hydrogens is 312 g/mol. The third-order valence-electron chi connectivity index (χ3n) is 3.84. The first-order valence-corrected chi connectivity index (χ1v) is 7.84. The Labute approximate surface area is 140 Å². The fraction of sp³-hybridized carbons (Fsp3) is 0.222. The van der Waals surface area contributed by atoms with Crippen LogP contribution >= 0.6 is 11.6 Å². The van der Waals surface area contributed by atoms with Gasteiger partial charge in [0.05, 0.1) is 6.21 Å². The molecule has 0 radical (unpaired) electrons. The van der Waals surface area contributed by atoms with Gasteiger partial charge in [-0.1, -0.05) is 53.2 Å². The SMILES string of the molecule is CC1Cc2ccccc2N1C(=O)CO/N=C/c1ccccc1Cl. The fourth-order valence-electron chi connectivity index (χ4n) is 2.78. The van der Waals surface area contributed by atoms with Crippen molar-refractivity contribution in [2.45, 2.75) is 19.4 Å². The zero-order chi connectivity index (χ0) is 16.2. The van der Waals surface area contributed by atoms with Gasteiger partial charge >= 0.3 is 0 Å². The van der Waals surface area contributed by atoms with Gasteiger partial charge in [-0.2, -0.15) is 0 Å². The molecule has 1 unspecified atom stereocenters. The van der Waals surface area contributed by atoms with Crippen LogP contribution in [-0.2, 0) is 16.1 Å². The monoisotopic (exact) mass is 328 g/mol. The van der Waals surface area contributed by atoms with E-state index in [1.807, 2.05) is 43.3 Å². The Kier molecular flexibility index (Phi) is 4.63. The van der Waals surface area contributed by atoms with Crippen LogP contribution in [-0.4, -0.2) is 24.8 Å². The number of amides is 1. The molecule has 3 rings (SSSR count). The van der Waals surface area contributed by atoms with Crippen LogP contribution in [0.25, 0.3) is 0 Å². The van der Waals surface area contributed by atoms with Gasteiger partial charge < -0.3 is 9.74 Å². The second kappa shape index (κ2) is 6.84. The van der Waals surface area contributed by atoms with Crippen LogP contribution in [0.5, 0.6) is 0 Å². The third kappa shape index (κ3) is 3.37. The Morgan fingerprint density at radius 1 is 1.30 bits per heavy atom. The smallest absolute Gasteiger partial charge is 0.268 e. The van der Waals surface area contributed by atoms with Crippen molar-refractivity contribution >= 4 is 29.4 Å². The quantitative estimate of drug-likeness (QED) is 0.635. The number of halogens is 1. The summed E-state index contributed by atoms with van der Waals surface area (Å²) in [6.07, 6.45) is 2.38. The molecule has 0 spiro atoms. The molecule has 1 aliphatic heterocycles. The van der Waals surface area contributed by atoms with Crippen LogP contribution in [0.4, 0.5) is 5.69 Å². The van der Waals surface area contributed by atoms with E-state index in [4.69, 9.17) is 16.4 Å². The van der Waals surface area contributed by atoms with E-state index in [9.17, 15) is 4.79 Å². The summed E-state index contributed by atoms with van der Waals surface area (Å²) in [6.45, 7) is 1.94. The number of rotatable bonds is 4. The van der Waals surface area contributed by atoms with Crippen LogP contribution in [0.2, 0.25) is 5.02 Å². The molecule has 118 valence electrons. The molecule has 1 atom stereocenters. The summed E-state index contributed by atoms with van der Waals surface area (Å²) < 4.78 is 0. The number of hydrogen-bond donors (Lipinski definition) is 0. The van der Waals surface area contributed by atoms with E-state index in [0.29, 0.717) is 5.02 Å². The highest BCUT2D eigenvalue weighted by Crippen LogP contribution is 2.31. The van der Waals surface area contributed by atoms with E-state index in [2.05, 4.69) is 11.2 Å². The molecule has 23 heavy (non-hydrogen) atoms. The van der Waals surface area contributed by atoms with E-state index in [1.165, 1.54) is 11.8 Å². The van der Waals surface area contributed by atoms with Gasteiger partial charge in [-0.25, -0.2) is 0 Å². The maximum Gasteiger partial charge on any atom is 0.268 e. The summed E-state index contributed by atoms with van der Waals surface area (Å²) in [5.41, 5.74) is 2.90. The van der Waals surface area contributed by atoms with E-state index in [-0.39, 0.29) is 18.6 Å². The number of benzene rings is 2. The number of carbonyl (C=O) groups is 1. The Balaban J connectivity index is 1.61. The number of nitrogens with zero attached hydrogens (tertiary/aromatic N) is 2. The summed E-state index contributed by atoms with van der Waals surface area (Å²) >= 11 is 6.02. The van der Waals surface area contributed by atoms with Crippen molar-refractivity contribution < 1.29 is 9.63 Å². The molecule has 0 aliphatic carbocycles. The Morgan fingerprint density at radius 2 is 2.04 bits per heavy atom. The van der Waals surface area contributed by atoms with Crippen LogP contribution < -0.4 is 4.90 Å². The number of hydrogen-bond acceptors (Lipinski definition) is 3. The molecule has 1 amide bonds. The lowest BCUT2D eigenvalue weighted by Crippen LogP contribution is -2.37. The lowest BCUT2D eigenvalue weighted by atomic mass is 10.1. The molecule has 0 saturated heterocycles. The number of para-hydroxylation sites is 1.